The van der Waals surface area contributed by atoms with Crippen LogP contribution in [0.2, 0.25) is 0 Å². The number of nitrogens with zero attached hydrogens (tertiary/aromatic N) is 1. The molecule has 1 aromatic heterocycles. The minimum Gasteiger partial charge on any atom is -0.354 e. The fraction of sp³-hybridized carbons (Fsp3) is 0.571. The molecule has 6 heteroatoms. The summed E-state index contributed by atoms with van der Waals surface area (Å²) in [6.45, 7) is 2.71. The molecule has 0 bridgehead atoms. The van der Waals surface area contributed by atoms with Gasteiger partial charge in [0.2, 0.25) is 11.8 Å². The van der Waals surface area contributed by atoms with Crippen LogP contribution in [-0.2, 0) is 16.0 Å². The molecule has 2 saturated heterocycles. The topological polar surface area (TPSA) is 49.4 Å². The second kappa shape index (κ2) is 5.41. The van der Waals surface area contributed by atoms with Gasteiger partial charge in [0.25, 0.3) is 0 Å². The minimum absolute atomic E-state index is 0.00645. The lowest BCUT2D eigenvalue weighted by molar-refractivity contribution is -0.137. The SMILES string of the molecule is C[C@]12CCC(=O)N1[C@H](C(=O)NCCc1cccs1)CS2. The van der Waals surface area contributed by atoms with Gasteiger partial charge in [-0.05, 0) is 31.2 Å². The van der Waals surface area contributed by atoms with Gasteiger partial charge in [-0.3, -0.25) is 9.59 Å². The van der Waals surface area contributed by atoms with Crippen LogP contribution < -0.4 is 5.32 Å². The average Bonchev–Trinajstić information content (AvgIpc) is 3.09. The van der Waals surface area contributed by atoms with E-state index in [0.717, 1.165) is 12.8 Å². The predicted molar refractivity (Wildman–Crippen MR) is 81.8 cm³/mol. The average molecular weight is 310 g/mol. The highest BCUT2D eigenvalue weighted by Crippen LogP contribution is 2.47. The molecule has 2 aliphatic heterocycles. The number of carbonyl (C=O) groups excluding carboxylic acids is 2. The maximum atomic E-state index is 12.3. The van der Waals surface area contributed by atoms with Gasteiger partial charge in [-0.2, -0.15) is 0 Å². The lowest BCUT2D eigenvalue weighted by atomic mass is 10.2. The summed E-state index contributed by atoms with van der Waals surface area (Å²) in [5.74, 6) is 0.830. The van der Waals surface area contributed by atoms with Crippen LogP contribution in [0.1, 0.15) is 24.6 Å². The van der Waals surface area contributed by atoms with Gasteiger partial charge in [0, 0.05) is 23.6 Å². The lowest BCUT2D eigenvalue weighted by Gasteiger charge is -2.29. The largest absolute Gasteiger partial charge is 0.354 e. The zero-order valence-electron chi connectivity index (χ0n) is 11.4. The van der Waals surface area contributed by atoms with Crippen LogP contribution in [-0.4, -0.2) is 39.9 Å². The molecule has 3 rings (SSSR count). The monoisotopic (exact) mass is 310 g/mol. The van der Waals surface area contributed by atoms with Crippen molar-refractivity contribution < 1.29 is 9.59 Å². The number of rotatable bonds is 4. The molecule has 0 saturated carbocycles. The molecule has 1 N–H and O–H groups in total. The molecule has 4 nitrogen and oxygen atoms in total. The first-order valence-corrected chi connectivity index (χ1v) is 8.73. The van der Waals surface area contributed by atoms with Crippen molar-refractivity contribution >= 4 is 34.9 Å². The van der Waals surface area contributed by atoms with E-state index in [9.17, 15) is 9.59 Å². The third-order valence-electron chi connectivity index (χ3n) is 4.00. The summed E-state index contributed by atoms with van der Waals surface area (Å²) in [6.07, 6.45) is 2.28. The summed E-state index contributed by atoms with van der Waals surface area (Å²) in [5, 5.41) is 5.01. The Morgan fingerprint density at radius 2 is 2.45 bits per heavy atom. The number of hydrogen-bond acceptors (Lipinski definition) is 4. The maximum Gasteiger partial charge on any atom is 0.243 e. The van der Waals surface area contributed by atoms with Gasteiger partial charge in [-0.1, -0.05) is 6.07 Å². The summed E-state index contributed by atoms with van der Waals surface area (Å²) < 4.78 is 0. The third-order valence-corrected chi connectivity index (χ3v) is 6.44. The summed E-state index contributed by atoms with van der Waals surface area (Å²) in [5.41, 5.74) is 0. The van der Waals surface area contributed by atoms with E-state index >= 15 is 0 Å². The van der Waals surface area contributed by atoms with E-state index in [1.807, 2.05) is 11.4 Å². The Morgan fingerprint density at radius 1 is 1.60 bits per heavy atom. The molecule has 0 unspecified atom stereocenters. The molecule has 2 atom stereocenters. The van der Waals surface area contributed by atoms with Crippen molar-refractivity contribution in [1.82, 2.24) is 10.2 Å². The van der Waals surface area contributed by atoms with Crippen molar-refractivity contribution in [2.75, 3.05) is 12.3 Å². The molecule has 0 spiro atoms. The van der Waals surface area contributed by atoms with Gasteiger partial charge in [-0.15, -0.1) is 23.1 Å². The van der Waals surface area contributed by atoms with Crippen molar-refractivity contribution in [2.24, 2.45) is 0 Å². The minimum atomic E-state index is -0.289. The molecule has 108 valence electrons. The number of thioether (sulfide) groups is 1. The normalized spacial score (nSPS) is 28.8. The van der Waals surface area contributed by atoms with Gasteiger partial charge >= 0.3 is 0 Å². The van der Waals surface area contributed by atoms with Crippen LogP contribution >= 0.6 is 23.1 Å². The van der Waals surface area contributed by atoms with Crippen molar-refractivity contribution in [1.29, 1.82) is 0 Å². The van der Waals surface area contributed by atoms with Gasteiger partial charge < -0.3 is 10.2 Å². The molecule has 0 aliphatic carbocycles. The van der Waals surface area contributed by atoms with E-state index in [-0.39, 0.29) is 22.7 Å². The highest BCUT2D eigenvalue weighted by atomic mass is 32.2. The summed E-state index contributed by atoms with van der Waals surface area (Å²) in [7, 11) is 0. The van der Waals surface area contributed by atoms with Crippen LogP contribution in [0.15, 0.2) is 17.5 Å². The Hall–Kier alpha value is -1.01. The first kappa shape index (κ1) is 13.9. The van der Waals surface area contributed by atoms with E-state index in [1.165, 1.54) is 4.88 Å². The van der Waals surface area contributed by atoms with Crippen molar-refractivity contribution in [3.05, 3.63) is 22.4 Å². The van der Waals surface area contributed by atoms with E-state index in [1.54, 1.807) is 28.0 Å². The molecule has 2 aliphatic rings. The van der Waals surface area contributed by atoms with Crippen LogP contribution in [0.3, 0.4) is 0 Å². The fourth-order valence-corrected chi connectivity index (χ4v) is 5.04. The maximum absolute atomic E-state index is 12.3. The van der Waals surface area contributed by atoms with E-state index in [2.05, 4.69) is 18.3 Å². The second-order valence-electron chi connectivity index (χ2n) is 5.39. The molecule has 1 aromatic rings. The predicted octanol–water partition coefficient (Wildman–Crippen LogP) is 1.86. The van der Waals surface area contributed by atoms with Gasteiger partial charge in [0.05, 0.1) is 4.87 Å². The first-order chi connectivity index (χ1) is 9.60. The lowest BCUT2D eigenvalue weighted by Crippen LogP contribution is -2.50. The Morgan fingerprint density at radius 3 is 3.20 bits per heavy atom. The number of carbonyl (C=O) groups is 2. The van der Waals surface area contributed by atoms with Gasteiger partial charge in [0.1, 0.15) is 6.04 Å². The van der Waals surface area contributed by atoms with Gasteiger partial charge in [-0.25, -0.2) is 0 Å². The van der Waals surface area contributed by atoms with E-state index in [4.69, 9.17) is 0 Å². The quantitative estimate of drug-likeness (QED) is 0.923. The Bertz CT molecular complexity index is 517. The summed E-state index contributed by atoms with van der Waals surface area (Å²) in [6, 6.07) is 3.80. The van der Waals surface area contributed by atoms with E-state index < -0.39 is 0 Å². The van der Waals surface area contributed by atoms with Crippen molar-refractivity contribution in [2.45, 2.75) is 37.1 Å². The van der Waals surface area contributed by atoms with Gasteiger partial charge in [0.15, 0.2) is 0 Å². The molecule has 2 amide bonds. The summed E-state index contributed by atoms with van der Waals surface area (Å²) in [4.78, 5) is 27.2. The number of nitrogens with one attached hydrogen (secondary N) is 1. The number of amides is 2. The first-order valence-electron chi connectivity index (χ1n) is 6.86. The Balaban J connectivity index is 1.56. The highest BCUT2D eigenvalue weighted by Gasteiger charge is 2.52. The smallest absolute Gasteiger partial charge is 0.243 e. The van der Waals surface area contributed by atoms with Crippen LogP contribution in [0.4, 0.5) is 0 Å². The molecule has 0 radical (unpaired) electrons. The molecule has 3 heterocycles. The van der Waals surface area contributed by atoms with Crippen molar-refractivity contribution in [3.8, 4) is 0 Å². The summed E-state index contributed by atoms with van der Waals surface area (Å²) >= 11 is 3.44. The molecule has 20 heavy (non-hydrogen) atoms. The second-order valence-corrected chi connectivity index (χ2v) is 7.92. The standard InChI is InChI=1S/C14H18N2O2S2/c1-14-6-4-12(17)16(14)11(9-20-14)13(18)15-7-5-10-3-2-8-19-10/h2-3,8,11H,4-7,9H2,1H3,(H,15,18)/t11-,14-/m0/s1. The van der Waals surface area contributed by atoms with Crippen LogP contribution in [0, 0.1) is 0 Å². The Kier molecular flexibility index (Phi) is 3.77. The molecular formula is C14H18N2O2S2. The third kappa shape index (κ3) is 2.46. The zero-order valence-corrected chi connectivity index (χ0v) is 13.1. The zero-order chi connectivity index (χ0) is 14.2. The van der Waals surface area contributed by atoms with Crippen molar-refractivity contribution in [3.63, 3.8) is 0 Å². The number of hydrogen-bond donors (Lipinski definition) is 1. The Labute approximate surface area is 126 Å². The number of thiophene rings is 1. The molecule has 0 aromatic carbocycles. The van der Waals surface area contributed by atoms with Crippen LogP contribution in [0.5, 0.6) is 0 Å². The van der Waals surface area contributed by atoms with E-state index in [0.29, 0.717) is 18.7 Å². The van der Waals surface area contributed by atoms with Crippen LogP contribution in [0.25, 0.3) is 0 Å². The molecular weight excluding hydrogens is 292 g/mol. The number of fused-ring (bicyclic) bond motifs is 1. The fourth-order valence-electron chi connectivity index (χ4n) is 2.90. The highest BCUT2D eigenvalue weighted by molar-refractivity contribution is 8.01. The molecule has 2 fully saturated rings.